The lowest BCUT2D eigenvalue weighted by Gasteiger charge is -2.05. The van der Waals surface area contributed by atoms with Crippen LogP contribution in [0.2, 0.25) is 0 Å². The molecule has 28 heavy (non-hydrogen) atoms. The van der Waals surface area contributed by atoms with Crippen molar-refractivity contribution in [2.75, 3.05) is 0 Å². The van der Waals surface area contributed by atoms with E-state index in [0.717, 1.165) is 33.9 Å². The van der Waals surface area contributed by atoms with Gasteiger partial charge in [-0.1, -0.05) is 24.3 Å². The van der Waals surface area contributed by atoms with Gasteiger partial charge in [0.1, 0.15) is 0 Å². The lowest BCUT2D eigenvalue weighted by Crippen LogP contribution is -1.98. The van der Waals surface area contributed by atoms with E-state index in [-0.39, 0.29) is 0 Å². The second kappa shape index (κ2) is 7.84. The molecule has 4 rings (SSSR count). The Balaban J connectivity index is 1.49. The zero-order chi connectivity index (χ0) is 19.3. The van der Waals surface area contributed by atoms with E-state index in [0.29, 0.717) is 0 Å². The molecule has 2 aromatic carbocycles. The van der Waals surface area contributed by atoms with Crippen LogP contribution in [0, 0.1) is 0 Å². The number of imidazole rings is 2. The first kappa shape index (κ1) is 17.6. The van der Waals surface area contributed by atoms with Crippen LogP contribution in [0.4, 0.5) is 0 Å². The molecule has 6 nitrogen and oxygen atoms in total. The Morgan fingerprint density at radius 2 is 1.04 bits per heavy atom. The summed E-state index contributed by atoms with van der Waals surface area (Å²) in [4.78, 5) is 8.14. The minimum absolute atomic E-state index is 0.867. The Kier molecular flexibility index (Phi) is 4.93. The van der Waals surface area contributed by atoms with E-state index in [1.54, 1.807) is 25.0 Å². The van der Waals surface area contributed by atoms with E-state index in [2.05, 4.69) is 20.2 Å². The molecule has 2 heterocycles. The third-order valence-corrected chi connectivity index (χ3v) is 4.53. The third-order valence-electron chi connectivity index (χ3n) is 4.53. The first-order chi connectivity index (χ1) is 13.7. The normalized spacial score (nSPS) is 12.4. The van der Waals surface area contributed by atoms with E-state index in [4.69, 9.17) is 0 Å². The predicted molar refractivity (Wildman–Crippen MR) is 112 cm³/mol. The zero-order valence-electron chi connectivity index (χ0n) is 15.8. The van der Waals surface area contributed by atoms with E-state index in [9.17, 15) is 0 Å². The zero-order valence-corrected chi connectivity index (χ0v) is 15.8. The fourth-order valence-corrected chi connectivity index (χ4v) is 2.84. The molecule has 0 spiro atoms. The number of hydrogen-bond acceptors (Lipinski definition) is 4. The molecule has 0 radical (unpaired) electrons. The van der Waals surface area contributed by atoms with Crippen LogP contribution in [0.3, 0.4) is 0 Å². The first-order valence-electron chi connectivity index (χ1n) is 8.97. The topological polar surface area (TPSA) is 60.4 Å². The van der Waals surface area contributed by atoms with Gasteiger partial charge >= 0.3 is 0 Å². The molecule has 0 aliphatic carbocycles. The van der Waals surface area contributed by atoms with Gasteiger partial charge in [-0.15, -0.1) is 0 Å². The molecule has 0 atom stereocenters. The van der Waals surface area contributed by atoms with Gasteiger partial charge in [0.2, 0.25) is 0 Å². The van der Waals surface area contributed by atoms with Crippen molar-refractivity contribution in [3.8, 4) is 11.4 Å². The van der Waals surface area contributed by atoms with Crippen molar-refractivity contribution in [1.29, 1.82) is 0 Å². The minimum atomic E-state index is 0.867. The molecule has 0 aliphatic rings. The molecule has 0 unspecified atom stereocenters. The second-order valence-corrected chi connectivity index (χ2v) is 6.40. The van der Waals surface area contributed by atoms with E-state index in [1.807, 2.05) is 83.9 Å². The van der Waals surface area contributed by atoms with Crippen molar-refractivity contribution >= 4 is 11.4 Å². The molecule has 4 aromatic rings. The molecule has 138 valence electrons. The maximum Gasteiger partial charge on any atom is 0.0991 e. The van der Waals surface area contributed by atoms with Crippen LogP contribution in [0.25, 0.3) is 11.4 Å². The Hall–Kier alpha value is -3.80. The SMILES string of the molecule is C/C(=N/N=C(/C)c1ccc(-n2ccnc2)cc1)c1ccc(-n2ccnc2)cc1. The van der Waals surface area contributed by atoms with Crippen LogP contribution in [0.5, 0.6) is 0 Å². The Morgan fingerprint density at radius 1 is 0.643 bits per heavy atom. The molecule has 0 fully saturated rings. The smallest absolute Gasteiger partial charge is 0.0991 e. The van der Waals surface area contributed by atoms with Gasteiger partial charge in [-0.3, -0.25) is 0 Å². The maximum atomic E-state index is 4.41. The summed E-state index contributed by atoms with van der Waals surface area (Å²) in [5.74, 6) is 0. The molecular weight excluding hydrogens is 348 g/mol. The maximum absolute atomic E-state index is 4.41. The van der Waals surface area contributed by atoms with Crippen LogP contribution in [-0.2, 0) is 0 Å². The summed E-state index contributed by atoms with van der Waals surface area (Å²) >= 11 is 0. The van der Waals surface area contributed by atoms with Gasteiger partial charge in [0.05, 0.1) is 24.1 Å². The quantitative estimate of drug-likeness (QED) is 0.390. The summed E-state index contributed by atoms with van der Waals surface area (Å²) in [6.45, 7) is 3.93. The van der Waals surface area contributed by atoms with Gasteiger partial charge in [-0.05, 0) is 49.2 Å². The van der Waals surface area contributed by atoms with Crippen LogP contribution in [-0.4, -0.2) is 30.5 Å². The van der Waals surface area contributed by atoms with E-state index < -0.39 is 0 Å². The summed E-state index contributed by atoms with van der Waals surface area (Å²) < 4.78 is 3.93. The van der Waals surface area contributed by atoms with Crippen molar-refractivity contribution < 1.29 is 0 Å². The molecule has 0 bridgehead atoms. The standard InChI is InChI=1S/C22H20N6/c1-17(19-3-7-21(8-4-19)27-13-11-23-15-27)25-26-18(2)20-5-9-22(10-6-20)28-14-12-24-16-28/h3-16H,1-2H3/b25-17-,26-18-. The fourth-order valence-electron chi connectivity index (χ4n) is 2.84. The highest BCUT2D eigenvalue weighted by molar-refractivity contribution is 6.01. The summed E-state index contributed by atoms with van der Waals surface area (Å²) in [5, 5.41) is 8.81. The number of hydrogen-bond donors (Lipinski definition) is 0. The summed E-state index contributed by atoms with van der Waals surface area (Å²) in [6, 6.07) is 16.3. The monoisotopic (exact) mass is 368 g/mol. The molecule has 0 amide bonds. The van der Waals surface area contributed by atoms with E-state index >= 15 is 0 Å². The molecule has 6 heteroatoms. The number of rotatable bonds is 5. The van der Waals surface area contributed by atoms with Gasteiger partial charge in [-0.25, -0.2) is 9.97 Å². The first-order valence-corrected chi connectivity index (χ1v) is 8.97. The van der Waals surface area contributed by atoms with Gasteiger partial charge in [-0.2, -0.15) is 10.2 Å². The molecule has 0 aliphatic heterocycles. The lowest BCUT2D eigenvalue weighted by molar-refractivity contribution is 1.06. The highest BCUT2D eigenvalue weighted by atomic mass is 15.2. The van der Waals surface area contributed by atoms with Crippen molar-refractivity contribution in [2.24, 2.45) is 10.2 Å². The van der Waals surface area contributed by atoms with Gasteiger partial charge in [0, 0.05) is 36.2 Å². The predicted octanol–water partition coefficient (Wildman–Crippen LogP) is 4.29. The molecular formula is C22H20N6. The van der Waals surface area contributed by atoms with Crippen molar-refractivity contribution in [3.05, 3.63) is 97.1 Å². The summed E-state index contributed by atoms with van der Waals surface area (Å²) in [5.41, 5.74) is 5.93. The van der Waals surface area contributed by atoms with Crippen molar-refractivity contribution in [2.45, 2.75) is 13.8 Å². The van der Waals surface area contributed by atoms with Gasteiger partial charge in [0.15, 0.2) is 0 Å². The lowest BCUT2D eigenvalue weighted by atomic mass is 10.1. The van der Waals surface area contributed by atoms with Crippen LogP contribution >= 0.6 is 0 Å². The fraction of sp³-hybridized carbons (Fsp3) is 0.0909. The number of nitrogens with zero attached hydrogens (tertiary/aromatic N) is 6. The largest absolute Gasteiger partial charge is 0.306 e. The van der Waals surface area contributed by atoms with Gasteiger partial charge < -0.3 is 9.13 Å². The highest BCUT2D eigenvalue weighted by Gasteiger charge is 2.02. The molecule has 0 saturated carbocycles. The van der Waals surface area contributed by atoms with Crippen LogP contribution in [0.15, 0.2) is 96.2 Å². The Bertz CT molecular complexity index is 995. The van der Waals surface area contributed by atoms with Crippen LogP contribution in [0.1, 0.15) is 25.0 Å². The number of aromatic nitrogens is 4. The summed E-state index contributed by atoms with van der Waals surface area (Å²) in [6.07, 6.45) is 10.9. The summed E-state index contributed by atoms with van der Waals surface area (Å²) in [7, 11) is 0. The molecule has 2 aromatic heterocycles. The number of benzene rings is 2. The minimum Gasteiger partial charge on any atom is -0.306 e. The molecule has 0 N–H and O–H groups in total. The molecule has 0 saturated heterocycles. The van der Waals surface area contributed by atoms with Crippen molar-refractivity contribution in [1.82, 2.24) is 19.1 Å². The average Bonchev–Trinajstić information content (AvgIpc) is 3.46. The van der Waals surface area contributed by atoms with Crippen LogP contribution < -0.4 is 0 Å². The average molecular weight is 368 g/mol. The van der Waals surface area contributed by atoms with Gasteiger partial charge in [0.25, 0.3) is 0 Å². The third kappa shape index (κ3) is 3.81. The highest BCUT2D eigenvalue weighted by Crippen LogP contribution is 2.12. The van der Waals surface area contributed by atoms with E-state index in [1.165, 1.54) is 0 Å². The second-order valence-electron chi connectivity index (χ2n) is 6.40. The Morgan fingerprint density at radius 3 is 1.36 bits per heavy atom. The Labute approximate surface area is 163 Å². The van der Waals surface area contributed by atoms with Crippen molar-refractivity contribution in [3.63, 3.8) is 0 Å².